The van der Waals surface area contributed by atoms with Crippen LogP contribution in [0.15, 0.2) is 54.6 Å². The van der Waals surface area contributed by atoms with Gasteiger partial charge in [-0.2, -0.15) is 0 Å². The first-order valence-corrected chi connectivity index (χ1v) is 12.3. The Morgan fingerprint density at radius 1 is 1.00 bits per heavy atom. The molecule has 0 spiro atoms. The highest BCUT2D eigenvalue weighted by Gasteiger charge is 2.53. The predicted octanol–water partition coefficient (Wildman–Crippen LogP) is 4.12. The standard InChI is InChI=1S/C28H30N2O3/c31-21-9-8-20-17-25-22-6-3-4-13-28(22,23(20)18-21)14-16-29(25)15-12-19-5-1-2-7-24(19)30-26(32)10-11-27(30)33/h1-2,5,7-11,18,22,25,31H,3-4,6,12-17H2/t22-,25+,28+/m0/s1. The number of likely N-dealkylation sites (tertiary alicyclic amines) is 1. The Morgan fingerprint density at radius 3 is 2.67 bits per heavy atom. The van der Waals surface area contributed by atoms with Crippen molar-refractivity contribution >= 4 is 17.5 Å². The average Bonchev–Trinajstić information content (AvgIpc) is 3.17. The number of para-hydroxylation sites is 1. The van der Waals surface area contributed by atoms with Gasteiger partial charge in [0.15, 0.2) is 0 Å². The number of rotatable bonds is 4. The van der Waals surface area contributed by atoms with Crippen LogP contribution in [0.25, 0.3) is 0 Å². The van der Waals surface area contributed by atoms with Crippen molar-refractivity contribution in [3.8, 4) is 5.75 Å². The summed E-state index contributed by atoms with van der Waals surface area (Å²) in [5, 5.41) is 10.2. The van der Waals surface area contributed by atoms with Crippen molar-refractivity contribution in [1.82, 2.24) is 4.90 Å². The van der Waals surface area contributed by atoms with E-state index in [-0.39, 0.29) is 17.2 Å². The number of amides is 2. The minimum atomic E-state index is -0.260. The maximum Gasteiger partial charge on any atom is 0.258 e. The summed E-state index contributed by atoms with van der Waals surface area (Å²) in [4.78, 5) is 28.5. The minimum Gasteiger partial charge on any atom is -0.508 e. The lowest BCUT2D eigenvalue weighted by Crippen LogP contribution is -2.61. The molecule has 4 aliphatic rings. The number of benzene rings is 2. The van der Waals surface area contributed by atoms with E-state index in [1.165, 1.54) is 53.9 Å². The van der Waals surface area contributed by atoms with Gasteiger partial charge in [0.1, 0.15) is 5.75 Å². The number of imide groups is 1. The Hall–Kier alpha value is -2.92. The normalized spacial score (nSPS) is 28.7. The third-order valence-electron chi connectivity index (χ3n) is 8.65. The summed E-state index contributed by atoms with van der Waals surface area (Å²) >= 11 is 0. The number of piperidine rings is 1. The molecule has 1 saturated carbocycles. The van der Waals surface area contributed by atoms with Crippen LogP contribution in [0, 0.1) is 5.92 Å². The first-order chi connectivity index (χ1) is 16.1. The average molecular weight is 443 g/mol. The lowest BCUT2D eigenvalue weighted by Gasteiger charge is -2.59. The molecule has 5 heteroatoms. The number of nitrogens with zero attached hydrogens (tertiary/aromatic N) is 2. The molecular formula is C28H30N2O3. The van der Waals surface area contributed by atoms with Crippen LogP contribution < -0.4 is 4.90 Å². The molecular weight excluding hydrogens is 412 g/mol. The van der Waals surface area contributed by atoms with Gasteiger partial charge in [0, 0.05) is 30.2 Å². The number of fused-ring (bicyclic) bond motifs is 1. The molecule has 6 rings (SSSR count). The van der Waals surface area contributed by atoms with Crippen LogP contribution in [0.3, 0.4) is 0 Å². The summed E-state index contributed by atoms with van der Waals surface area (Å²) in [5.41, 5.74) is 4.78. The van der Waals surface area contributed by atoms with E-state index in [1.54, 1.807) is 0 Å². The van der Waals surface area contributed by atoms with Gasteiger partial charge in [-0.3, -0.25) is 14.5 Å². The fourth-order valence-electron chi connectivity index (χ4n) is 7.19. The molecule has 1 N–H and O–H groups in total. The third kappa shape index (κ3) is 3.24. The van der Waals surface area contributed by atoms with Crippen molar-refractivity contribution in [1.29, 1.82) is 0 Å². The lowest BCUT2D eigenvalue weighted by atomic mass is 9.52. The topological polar surface area (TPSA) is 60.9 Å². The Morgan fingerprint density at radius 2 is 1.82 bits per heavy atom. The molecule has 2 heterocycles. The van der Waals surface area contributed by atoms with E-state index >= 15 is 0 Å². The molecule has 2 fully saturated rings. The van der Waals surface area contributed by atoms with Crippen LogP contribution >= 0.6 is 0 Å². The summed E-state index contributed by atoms with van der Waals surface area (Å²) < 4.78 is 0. The Bertz CT molecular complexity index is 1140. The first kappa shape index (κ1) is 20.7. The second-order valence-corrected chi connectivity index (χ2v) is 10.1. The number of hydrogen-bond acceptors (Lipinski definition) is 4. The number of aromatic hydroxyl groups is 1. The van der Waals surface area contributed by atoms with E-state index in [0.717, 1.165) is 37.9 Å². The second kappa shape index (κ2) is 7.84. The van der Waals surface area contributed by atoms with Crippen molar-refractivity contribution < 1.29 is 14.7 Å². The van der Waals surface area contributed by atoms with Crippen LogP contribution in [-0.2, 0) is 27.8 Å². The number of anilines is 1. The highest BCUT2D eigenvalue weighted by atomic mass is 16.3. The zero-order chi connectivity index (χ0) is 22.6. The Labute approximate surface area is 194 Å². The molecule has 2 amide bonds. The number of phenolic OH excluding ortho intramolecular Hbond substituents is 1. The molecule has 0 aromatic heterocycles. The quantitative estimate of drug-likeness (QED) is 0.724. The van der Waals surface area contributed by atoms with Crippen LogP contribution in [-0.4, -0.2) is 41.0 Å². The first-order valence-electron chi connectivity index (χ1n) is 12.3. The van der Waals surface area contributed by atoms with Crippen LogP contribution in [0.2, 0.25) is 0 Å². The fraction of sp³-hybridized carbons (Fsp3) is 0.429. The van der Waals surface area contributed by atoms with E-state index < -0.39 is 0 Å². The zero-order valence-electron chi connectivity index (χ0n) is 18.9. The molecule has 2 aromatic rings. The molecule has 33 heavy (non-hydrogen) atoms. The van der Waals surface area contributed by atoms with Gasteiger partial charge in [-0.05, 0) is 79.5 Å². The molecule has 2 aliphatic carbocycles. The van der Waals surface area contributed by atoms with Gasteiger partial charge >= 0.3 is 0 Å². The second-order valence-electron chi connectivity index (χ2n) is 10.1. The molecule has 0 radical (unpaired) electrons. The van der Waals surface area contributed by atoms with Gasteiger partial charge < -0.3 is 5.11 Å². The molecule has 170 valence electrons. The lowest BCUT2D eigenvalue weighted by molar-refractivity contribution is -0.120. The van der Waals surface area contributed by atoms with E-state index in [0.29, 0.717) is 23.4 Å². The molecule has 2 bridgehead atoms. The van der Waals surface area contributed by atoms with Crippen molar-refractivity contribution in [3.05, 3.63) is 71.3 Å². The highest BCUT2D eigenvalue weighted by Crippen LogP contribution is 2.56. The molecule has 0 unspecified atom stereocenters. The van der Waals surface area contributed by atoms with E-state index in [1.807, 2.05) is 36.4 Å². The number of carbonyl (C=O) groups is 2. The van der Waals surface area contributed by atoms with Gasteiger partial charge in [-0.25, -0.2) is 4.90 Å². The van der Waals surface area contributed by atoms with Gasteiger partial charge in [-0.1, -0.05) is 37.1 Å². The minimum absolute atomic E-state index is 0.212. The van der Waals surface area contributed by atoms with E-state index in [2.05, 4.69) is 11.0 Å². The third-order valence-corrected chi connectivity index (χ3v) is 8.65. The summed E-state index contributed by atoms with van der Waals surface area (Å²) in [7, 11) is 0. The van der Waals surface area contributed by atoms with Crippen molar-refractivity contribution in [3.63, 3.8) is 0 Å². The largest absolute Gasteiger partial charge is 0.508 e. The number of carbonyl (C=O) groups excluding carboxylic acids is 2. The van der Waals surface area contributed by atoms with Crippen molar-refractivity contribution in [2.75, 3.05) is 18.0 Å². The highest BCUT2D eigenvalue weighted by molar-refractivity contribution is 6.28. The van der Waals surface area contributed by atoms with Gasteiger partial charge in [-0.15, -0.1) is 0 Å². The van der Waals surface area contributed by atoms with Crippen LogP contribution in [0.1, 0.15) is 48.8 Å². The van der Waals surface area contributed by atoms with E-state index in [4.69, 9.17) is 0 Å². The molecule has 3 atom stereocenters. The van der Waals surface area contributed by atoms with Gasteiger partial charge in [0.25, 0.3) is 11.8 Å². The molecule has 5 nitrogen and oxygen atoms in total. The van der Waals surface area contributed by atoms with Crippen molar-refractivity contribution in [2.24, 2.45) is 5.92 Å². The van der Waals surface area contributed by atoms with Gasteiger partial charge in [0.2, 0.25) is 0 Å². The Balaban J connectivity index is 1.27. The summed E-state index contributed by atoms with van der Waals surface area (Å²) in [6.07, 6.45) is 10.7. The Kier molecular flexibility index (Phi) is 4.91. The molecule has 2 aromatic carbocycles. The zero-order valence-corrected chi connectivity index (χ0v) is 18.9. The monoisotopic (exact) mass is 442 g/mol. The maximum absolute atomic E-state index is 12.3. The summed E-state index contributed by atoms with van der Waals surface area (Å²) in [6, 6.07) is 14.3. The summed E-state index contributed by atoms with van der Waals surface area (Å²) in [5.74, 6) is 0.509. The fourth-order valence-corrected chi connectivity index (χ4v) is 7.19. The van der Waals surface area contributed by atoms with Crippen LogP contribution in [0.4, 0.5) is 5.69 Å². The molecule has 2 aliphatic heterocycles. The number of phenols is 1. The SMILES string of the molecule is O=C1C=CC(=O)N1c1ccccc1CCN1CC[C@]23CCCC[C@H]2[C@H]1Cc1ccc(O)cc13. The van der Waals surface area contributed by atoms with E-state index in [9.17, 15) is 14.7 Å². The predicted molar refractivity (Wildman–Crippen MR) is 127 cm³/mol. The van der Waals surface area contributed by atoms with Gasteiger partial charge in [0.05, 0.1) is 5.69 Å². The van der Waals surface area contributed by atoms with Crippen LogP contribution in [0.5, 0.6) is 5.75 Å². The maximum atomic E-state index is 12.3. The smallest absolute Gasteiger partial charge is 0.258 e. The number of hydrogen-bond donors (Lipinski definition) is 1. The molecule has 1 saturated heterocycles. The van der Waals surface area contributed by atoms with Crippen molar-refractivity contribution in [2.45, 2.75) is 56.4 Å². The summed E-state index contributed by atoms with van der Waals surface area (Å²) in [6.45, 7) is 1.98.